The van der Waals surface area contributed by atoms with Crippen LogP contribution in [0.1, 0.15) is 24.6 Å². The van der Waals surface area contributed by atoms with Crippen molar-refractivity contribution in [3.05, 3.63) is 31.2 Å². The highest BCUT2D eigenvalue weighted by Crippen LogP contribution is 2.36. The minimum atomic E-state index is -0.291. The van der Waals surface area contributed by atoms with Crippen LogP contribution in [0.2, 0.25) is 0 Å². The van der Waals surface area contributed by atoms with Crippen molar-refractivity contribution in [3.63, 3.8) is 0 Å². The summed E-state index contributed by atoms with van der Waals surface area (Å²) < 4.78 is 2.15. The molecule has 0 amide bonds. The van der Waals surface area contributed by atoms with Crippen LogP contribution in [0.15, 0.2) is 18.6 Å². The van der Waals surface area contributed by atoms with E-state index < -0.39 is 0 Å². The zero-order chi connectivity index (χ0) is 12.0. The molecule has 1 N–H and O–H groups in total. The normalized spacial score (nSPS) is 29.0. The molecule has 2 aromatic rings. The molecule has 0 unspecified atom stereocenters. The summed E-state index contributed by atoms with van der Waals surface area (Å²) in [6, 6.07) is 2.35. The van der Waals surface area contributed by atoms with Crippen LogP contribution in [0.5, 0.6) is 0 Å². The Labute approximate surface area is 100 Å². The van der Waals surface area contributed by atoms with Crippen molar-refractivity contribution in [1.29, 1.82) is 0 Å². The maximum absolute atomic E-state index is 9.79. The summed E-state index contributed by atoms with van der Waals surface area (Å²) in [6.07, 6.45) is 5.03. The van der Waals surface area contributed by atoms with Gasteiger partial charge in [-0.2, -0.15) is 0 Å². The second kappa shape index (κ2) is 3.81. The number of nitrogens with zero attached hydrogens (tertiary/aromatic N) is 3. The molecular formula is C13H16N3O. The molecule has 0 aliphatic heterocycles. The van der Waals surface area contributed by atoms with Crippen LogP contribution in [0.3, 0.4) is 0 Å². The second-order valence-electron chi connectivity index (χ2n) is 4.87. The number of rotatable bonds is 1. The Kier molecular flexibility index (Phi) is 2.40. The van der Waals surface area contributed by atoms with Crippen molar-refractivity contribution < 1.29 is 5.11 Å². The maximum atomic E-state index is 9.79. The summed E-state index contributed by atoms with van der Waals surface area (Å²) in [4.78, 5) is 8.54. The Morgan fingerprint density at radius 1 is 1.41 bits per heavy atom. The molecule has 0 bridgehead atoms. The summed E-state index contributed by atoms with van der Waals surface area (Å²) in [5, 5.41) is 10.9. The standard InChI is InChI=1S/C13H16N3O/c1-8-5-10(6-12(8)17)16-4-3-11-9(2)14-7-15-13(11)16/h3-4,7-8,10,12,17H,1,5-6H2,2H3/t8-,10+,12-/m0/s1. The zero-order valence-corrected chi connectivity index (χ0v) is 9.87. The molecule has 3 atom stereocenters. The van der Waals surface area contributed by atoms with Gasteiger partial charge in [-0.1, -0.05) is 0 Å². The molecule has 17 heavy (non-hydrogen) atoms. The highest BCUT2D eigenvalue weighted by atomic mass is 16.3. The summed E-state index contributed by atoms with van der Waals surface area (Å²) >= 11 is 0. The maximum Gasteiger partial charge on any atom is 0.143 e. The SMILES string of the molecule is [CH2][C@H]1C[C@@H](n2ccc3c(C)ncnc32)C[C@@H]1O. The van der Waals surface area contributed by atoms with Gasteiger partial charge in [0.05, 0.1) is 11.8 Å². The van der Waals surface area contributed by atoms with Gasteiger partial charge >= 0.3 is 0 Å². The van der Waals surface area contributed by atoms with Gasteiger partial charge in [-0.25, -0.2) is 9.97 Å². The third kappa shape index (κ3) is 1.63. The van der Waals surface area contributed by atoms with Gasteiger partial charge in [0.25, 0.3) is 0 Å². The smallest absolute Gasteiger partial charge is 0.143 e. The van der Waals surface area contributed by atoms with E-state index in [-0.39, 0.29) is 12.0 Å². The van der Waals surface area contributed by atoms with Crippen LogP contribution in [0.4, 0.5) is 0 Å². The zero-order valence-electron chi connectivity index (χ0n) is 9.87. The molecule has 4 nitrogen and oxygen atoms in total. The first-order valence-electron chi connectivity index (χ1n) is 5.96. The van der Waals surface area contributed by atoms with E-state index in [0.717, 1.165) is 29.6 Å². The first-order valence-corrected chi connectivity index (χ1v) is 5.96. The lowest BCUT2D eigenvalue weighted by Gasteiger charge is -2.12. The molecular weight excluding hydrogens is 214 g/mol. The summed E-state index contributed by atoms with van der Waals surface area (Å²) in [5.74, 6) is 0.125. The van der Waals surface area contributed by atoms with Gasteiger partial charge in [-0.05, 0) is 38.7 Å². The van der Waals surface area contributed by atoms with Gasteiger partial charge in [-0.3, -0.25) is 0 Å². The fourth-order valence-corrected chi connectivity index (χ4v) is 2.69. The Morgan fingerprint density at radius 2 is 2.24 bits per heavy atom. The number of aliphatic hydroxyl groups is 1. The number of aromatic nitrogens is 3. The van der Waals surface area contributed by atoms with E-state index in [1.807, 2.05) is 19.2 Å². The molecule has 0 spiro atoms. The molecule has 89 valence electrons. The Balaban J connectivity index is 2.04. The van der Waals surface area contributed by atoms with Gasteiger partial charge < -0.3 is 9.67 Å². The van der Waals surface area contributed by atoms with Gasteiger partial charge in [0.2, 0.25) is 0 Å². The Bertz CT molecular complexity index is 539. The summed E-state index contributed by atoms with van der Waals surface area (Å²) in [6.45, 7) is 5.97. The molecule has 4 heteroatoms. The molecule has 1 radical (unpaired) electrons. The van der Waals surface area contributed by atoms with E-state index in [9.17, 15) is 5.11 Å². The van der Waals surface area contributed by atoms with Crippen LogP contribution in [0, 0.1) is 19.8 Å². The molecule has 1 aliphatic carbocycles. The quantitative estimate of drug-likeness (QED) is 0.813. The van der Waals surface area contributed by atoms with Crippen molar-refractivity contribution in [3.8, 4) is 0 Å². The number of hydrogen-bond donors (Lipinski definition) is 1. The lowest BCUT2D eigenvalue weighted by atomic mass is 10.1. The van der Waals surface area contributed by atoms with Gasteiger partial charge in [-0.15, -0.1) is 0 Å². The van der Waals surface area contributed by atoms with Crippen molar-refractivity contribution in [2.45, 2.75) is 31.9 Å². The van der Waals surface area contributed by atoms with Crippen LogP contribution >= 0.6 is 0 Å². The van der Waals surface area contributed by atoms with Crippen LogP contribution in [0.25, 0.3) is 11.0 Å². The van der Waals surface area contributed by atoms with E-state index in [4.69, 9.17) is 0 Å². The average molecular weight is 230 g/mol. The molecule has 1 fully saturated rings. The first-order chi connectivity index (χ1) is 8.16. The third-order valence-electron chi connectivity index (χ3n) is 3.73. The topological polar surface area (TPSA) is 50.9 Å². The van der Waals surface area contributed by atoms with Crippen molar-refractivity contribution in [2.24, 2.45) is 5.92 Å². The van der Waals surface area contributed by atoms with E-state index >= 15 is 0 Å². The number of aliphatic hydroxyl groups excluding tert-OH is 1. The van der Waals surface area contributed by atoms with Crippen molar-refractivity contribution in [2.75, 3.05) is 0 Å². The predicted molar refractivity (Wildman–Crippen MR) is 65.4 cm³/mol. The predicted octanol–water partition coefficient (Wildman–Crippen LogP) is 1.89. The molecule has 2 heterocycles. The van der Waals surface area contributed by atoms with E-state index in [0.29, 0.717) is 6.04 Å². The molecule has 1 saturated carbocycles. The largest absolute Gasteiger partial charge is 0.393 e. The highest BCUT2D eigenvalue weighted by Gasteiger charge is 2.31. The minimum Gasteiger partial charge on any atom is -0.393 e. The van der Waals surface area contributed by atoms with Gasteiger partial charge in [0.1, 0.15) is 12.0 Å². The summed E-state index contributed by atoms with van der Waals surface area (Å²) in [5.41, 5.74) is 1.96. The van der Waals surface area contributed by atoms with E-state index in [1.165, 1.54) is 0 Å². The third-order valence-corrected chi connectivity index (χ3v) is 3.73. The first kappa shape index (κ1) is 10.7. The number of hydrogen-bond acceptors (Lipinski definition) is 3. The molecule has 0 saturated heterocycles. The van der Waals surface area contributed by atoms with Crippen LogP contribution in [-0.4, -0.2) is 25.7 Å². The van der Waals surface area contributed by atoms with Crippen LogP contribution in [-0.2, 0) is 0 Å². The number of aryl methyl sites for hydroxylation is 1. The van der Waals surface area contributed by atoms with Gasteiger partial charge in [0, 0.05) is 17.6 Å². The van der Waals surface area contributed by atoms with Crippen molar-refractivity contribution >= 4 is 11.0 Å². The average Bonchev–Trinajstić information content (AvgIpc) is 2.85. The lowest BCUT2D eigenvalue weighted by molar-refractivity contribution is 0.149. The van der Waals surface area contributed by atoms with Crippen LogP contribution < -0.4 is 0 Å². The second-order valence-corrected chi connectivity index (χ2v) is 4.87. The molecule has 2 aromatic heterocycles. The number of fused-ring (bicyclic) bond motifs is 1. The fraction of sp³-hybridized carbons (Fsp3) is 0.462. The molecule has 3 rings (SSSR count). The summed E-state index contributed by atoms with van der Waals surface area (Å²) in [7, 11) is 0. The minimum absolute atomic E-state index is 0.125. The molecule has 0 aromatic carbocycles. The monoisotopic (exact) mass is 230 g/mol. The molecule has 1 aliphatic rings. The fourth-order valence-electron chi connectivity index (χ4n) is 2.69. The van der Waals surface area contributed by atoms with E-state index in [1.54, 1.807) is 6.33 Å². The Hall–Kier alpha value is -1.42. The highest BCUT2D eigenvalue weighted by molar-refractivity contribution is 5.78. The van der Waals surface area contributed by atoms with Crippen molar-refractivity contribution in [1.82, 2.24) is 14.5 Å². The lowest BCUT2D eigenvalue weighted by Crippen LogP contribution is -2.09. The Morgan fingerprint density at radius 3 is 2.94 bits per heavy atom. The van der Waals surface area contributed by atoms with Gasteiger partial charge in [0.15, 0.2) is 0 Å². The van der Waals surface area contributed by atoms with E-state index in [2.05, 4.69) is 21.5 Å².